The standard InChI is InChI=1S/C30H24F4N6O2/c1-3-27(41)38-22-15-20(17-36-18-22)6-4-12-39(23-10-8-21(31)9-11-23)29(42)26-7-5-13-40(26)28-24(16-35)25(30(32,33)34)14-19(2)37-28/h3,8-11,14-15,17-18,26H,1,5,7,12-13H2,2H3,(H,38,41). The van der Waals surface area contributed by atoms with Gasteiger partial charge in [-0.25, -0.2) is 9.37 Å². The lowest BCUT2D eigenvalue weighted by Crippen LogP contribution is -2.47. The Bertz CT molecular complexity index is 1620. The van der Waals surface area contributed by atoms with Crippen LogP contribution in [0.1, 0.15) is 35.2 Å². The lowest BCUT2D eigenvalue weighted by molar-refractivity contribution is -0.137. The highest BCUT2D eigenvalue weighted by Gasteiger charge is 2.40. The monoisotopic (exact) mass is 576 g/mol. The van der Waals surface area contributed by atoms with E-state index >= 15 is 0 Å². The Balaban J connectivity index is 1.68. The van der Waals surface area contributed by atoms with E-state index in [0.717, 1.165) is 12.1 Å². The zero-order chi connectivity index (χ0) is 30.4. The fourth-order valence-corrected chi connectivity index (χ4v) is 4.56. The number of hydrogen-bond acceptors (Lipinski definition) is 6. The molecule has 0 radical (unpaired) electrons. The third-order valence-corrected chi connectivity index (χ3v) is 6.42. The molecule has 0 saturated carbocycles. The van der Waals surface area contributed by atoms with Gasteiger partial charge in [0.05, 0.1) is 24.0 Å². The number of halogens is 4. The van der Waals surface area contributed by atoms with Crippen molar-refractivity contribution in [3.63, 3.8) is 0 Å². The van der Waals surface area contributed by atoms with Gasteiger partial charge in [0, 0.05) is 29.7 Å². The number of alkyl halides is 3. The van der Waals surface area contributed by atoms with Crippen LogP contribution in [-0.2, 0) is 15.8 Å². The Morgan fingerprint density at radius 2 is 1.98 bits per heavy atom. The van der Waals surface area contributed by atoms with Crippen molar-refractivity contribution < 1.29 is 27.2 Å². The van der Waals surface area contributed by atoms with Crippen LogP contribution in [-0.4, -0.2) is 40.9 Å². The van der Waals surface area contributed by atoms with Gasteiger partial charge < -0.3 is 10.2 Å². The molecule has 0 aliphatic carbocycles. The maximum Gasteiger partial charge on any atom is 0.417 e. The molecule has 1 unspecified atom stereocenters. The Hall–Kier alpha value is -5.23. The van der Waals surface area contributed by atoms with Gasteiger partial charge in [0.15, 0.2) is 0 Å². The Kier molecular flexibility index (Phi) is 8.87. The third kappa shape index (κ3) is 6.73. The highest BCUT2D eigenvalue weighted by molar-refractivity contribution is 6.00. The van der Waals surface area contributed by atoms with E-state index in [9.17, 15) is 32.4 Å². The zero-order valence-corrected chi connectivity index (χ0v) is 22.4. The number of nitriles is 1. The summed E-state index contributed by atoms with van der Waals surface area (Å²) in [5.74, 6) is 4.09. The molecule has 1 saturated heterocycles. The number of aryl methyl sites for hydroxylation is 1. The number of anilines is 3. The first-order chi connectivity index (χ1) is 20.0. The maximum atomic E-state index is 14.0. The van der Waals surface area contributed by atoms with Crippen LogP contribution in [0.5, 0.6) is 0 Å². The predicted octanol–water partition coefficient (Wildman–Crippen LogP) is 4.99. The smallest absolute Gasteiger partial charge is 0.343 e. The molecule has 12 heteroatoms. The number of carbonyl (C=O) groups excluding carboxylic acids is 2. The quantitative estimate of drug-likeness (QED) is 0.252. The van der Waals surface area contributed by atoms with E-state index in [0.29, 0.717) is 29.8 Å². The van der Waals surface area contributed by atoms with Crippen molar-refractivity contribution in [1.82, 2.24) is 9.97 Å². The Morgan fingerprint density at radius 1 is 1.24 bits per heavy atom. The third-order valence-electron chi connectivity index (χ3n) is 6.42. The molecule has 3 heterocycles. The minimum Gasteiger partial charge on any atom is -0.343 e. The largest absolute Gasteiger partial charge is 0.417 e. The van der Waals surface area contributed by atoms with Crippen LogP contribution in [0, 0.1) is 35.9 Å². The second kappa shape index (κ2) is 12.5. The van der Waals surface area contributed by atoms with Crippen molar-refractivity contribution in [1.29, 1.82) is 5.26 Å². The molecule has 2 aromatic heterocycles. The van der Waals surface area contributed by atoms with Crippen LogP contribution in [0.4, 0.5) is 34.8 Å². The SMILES string of the molecule is C=CC(=O)Nc1cncc(C#CCN(C(=O)C2CCCN2c2nc(C)cc(C(F)(F)F)c2C#N)c2ccc(F)cc2)c1. The maximum absolute atomic E-state index is 14.0. The summed E-state index contributed by atoms with van der Waals surface area (Å²) in [5.41, 5.74) is -0.578. The molecule has 1 N–H and O–H groups in total. The van der Waals surface area contributed by atoms with E-state index in [1.54, 1.807) is 12.1 Å². The van der Waals surface area contributed by atoms with Gasteiger partial charge in [-0.15, -0.1) is 0 Å². The molecule has 2 amide bonds. The molecular weight excluding hydrogens is 552 g/mol. The first kappa shape index (κ1) is 29.7. The molecule has 0 spiro atoms. The first-order valence-electron chi connectivity index (χ1n) is 12.7. The van der Waals surface area contributed by atoms with E-state index in [2.05, 4.69) is 33.7 Å². The number of amides is 2. The molecule has 1 aromatic carbocycles. The predicted molar refractivity (Wildman–Crippen MR) is 148 cm³/mol. The van der Waals surface area contributed by atoms with Crippen molar-refractivity contribution in [3.05, 3.63) is 89.6 Å². The fraction of sp³-hybridized carbons (Fsp3) is 0.233. The molecule has 8 nitrogen and oxygen atoms in total. The molecule has 4 rings (SSSR count). The lowest BCUT2D eigenvalue weighted by Gasteiger charge is -2.31. The van der Waals surface area contributed by atoms with Gasteiger partial charge in [-0.1, -0.05) is 18.4 Å². The van der Waals surface area contributed by atoms with Gasteiger partial charge in [0.2, 0.25) is 5.91 Å². The normalized spacial score (nSPS) is 14.4. The molecule has 1 aliphatic rings. The van der Waals surface area contributed by atoms with Crippen LogP contribution in [0.2, 0.25) is 0 Å². The highest BCUT2D eigenvalue weighted by Crippen LogP contribution is 2.38. The summed E-state index contributed by atoms with van der Waals surface area (Å²) in [6, 6.07) is 8.21. The minimum absolute atomic E-state index is 0.0517. The number of pyridine rings is 2. The number of rotatable bonds is 6. The van der Waals surface area contributed by atoms with Gasteiger partial charge in [0.1, 0.15) is 29.3 Å². The molecule has 214 valence electrons. The average Bonchev–Trinajstić information content (AvgIpc) is 3.45. The van der Waals surface area contributed by atoms with E-state index in [1.807, 2.05) is 0 Å². The highest BCUT2D eigenvalue weighted by atomic mass is 19.4. The van der Waals surface area contributed by atoms with Gasteiger partial charge in [-0.05, 0) is 62.2 Å². The van der Waals surface area contributed by atoms with E-state index in [-0.39, 0.29) is 24.6 Å². The minimum atomic E-state index is -4.79. The van der Waals surface area contributed by atoms with Crippen molar-refractivity contribution in [2.24, 2.45) is 0 Å². The van der Waals surface area contributed by atoms with Crippen molar-refractivity contribution in [2.45, 2.75) is 32.0 Å². The summed E-state index contributed by atoms with van der Waals surface area (Å²) in [6.07, 6.45) is -0.0361. The lowest BCUT2D eigenvalue weighted by atomic mass is 10.1. The molecule has 3 aromatic rings. The second-order valence-electron chi connectivity index (χ2n) is 9.33. The zero-order valence-electron chi connectivity index (χ0n) is 22.4. The van der Waals surface area contributed by atoms with Gasteiger partial charge in [-0.3, -0.25) is 19.5 Å². The number of hydrogen-bond donors (Lipinski definition) is 1. The van der Waals surface area contributed by atoms with E-state index < -0.39 is 41.0 Å². The number of carbonyl (C=O) groups is 2. The molecule has 1 aliphatic heterocycles. The van der Waals surface area contributed by atoms with Gasteiger partial charge in [-0.2, -0.15) is 18.4 Å². The molecule has 42 heavy (non-hydrogen) atoms. The van der Waals surface area contributed by atoms with Crippen LogP contribution in [0.25, 0.3) is 0 Å². The molecule has 0 bridgehead atoms. The van der Waals surface area contributed by atoms with Crippen molar-refractivity contribution in [2.75, 3.05) is 28.2 Å². The van der Waals surface area contributed by atoms with Crippen molar-refractivity contribution >= 4 is 29.0 Å². The number of benzene rings is 1. The molecular formula is C30H24F4N6O2. The molecule has 1 fully saturated rings. The molecule has 1 atom stereocenters. The summed E-state index contributed by atoms with van der Waals surface area (Å²) in [4.78, 5) is 36.5. The summed E-state index contributed by atoms with van der Waals surface area (Å²) in [6.45, 7) is 4.83. The fourth-order valence-electron chi connectivity index (χ4n) is 4.56. The summed E-state index contributed by atoms with van der Waals surface area (Å²) in [7, 11) is 0. The summed E-state index contributed by atoms with van der Waals surface area (Å²) < 4.78 is 55.0. The van der Waals surface area contributed by atoms with Gasteiger partial charge >= 0.3 is 6.18 Å². The summed E-state index contributed by atoms with van der Waals surface area (Å²) >= 11 is 0. The summed E-state index contributed by atoms with van der Waals surface area (Å²) in [5, 5.41) is 12.2. The Labute approximate surface area is 239 Å². The van der Waals surface area contributed by atoms with Crippen LogP contribution < -0.4 is 15.1 Å². The number of nitrogens with one attached hydrogen (secondary N) is 1. The number of nitrogens with zero attached hydrogens (tertiary/aromatic N) is 5. The first-order valence-corrected chi connectivity index (χ1v) is 12.7. The van der Waals surface area contributed by atoms with Gasteiger partial charge in [0.25, 0.3) is 5.91 Å². The van der Waals surface area contributed by atoms with E-state index in [1.165, 1.54) is 53.4 Å². The second-order valence-corrected chi connectivity index (χ2v) is 9.33. The topological polar surface area (TPSA) is 102 Å². The van der Waals surface area contributed by atoms with Crippen LogP contribution >= 0.6 is 0 Å². The van der Waals surface area contributed by atoms with Crippen molar-refractivity contribution in [3.8, 4) is 17.9 Å². The average molecular weight is 577 g/mol. The number of aromatic nitrogens is 2. The van der Waals surface area contributed by atoms with Crippen LogP contribution in [0.3, 0.4) is 0 Å². The van der Waals surface area contributed by atoms with Crippen LogP contribution in [0.15, 0.2) is 61.4 Å². The Morgan fingerprint density at radius 3 is 2.64 bits per heavy atom. The van der Waals surface area contributed by atoms with E-state index in [4.69, 9.17) is 0 Å².